The number of fused-ring (bicyclic) bond motifs is 6. The van der Waals surface area contributed by atoms with Gasteiger partial charge >= 0.3 is 0 Å². The van der Waals surface area contributed by atoms with Crippen molar-refractivity contribution in [1.29, 1.82) is 0 Å². The maximum atomic E-state index is 11.0. The molecular formula is C21H32N2O. The van der Waals surface area contributed by atoms with E-state index in [1.165, 1.54) is 50.5 Å². The minimum Gasteiger partial charge on any atom is -0.390 e. The summed E-state index contributed by atoms with van der Waals surface area (Å²) in [4.78, 5) is 0. The average molecular weight is 329 g/mol. The monoisotopic (exact) mass is 328 g/mol. The fourth-order valence-corrected chi connectivity index (χ4v) is 7.86. The molecule has 5 aliphatic rings. The summed E-state index contributed by atoms with van der Waals surface area (Å²) in [5.74, 6) is 3.22. The molecule has 4 aliphatic carbocycles. The quantitative estimate of drug-likeness (QED) is 0.660. The van der Waals surface area contributed by atoms with Gasteiger partial charge in [0, 0.05) is 0 Å². The van der Waals surface area contributed by atoms with Crippen LogP contribution >= 0.6 is 0 Å². The summed E-state index contributed by atoms with van der Waals surface area (Å²) in [6, 6.07) is 0.403. The number of hydrogen-bond acceptors (Lipinski definition) is 3. The molecule has 4 saturated carbocycles. The van der Waals surface area contributed by atoms with Gasteiger partial charge in [0.1, 0.15) is 0 Å². The Hall–Kier alpha value is -0.700. The van der Waals surface area contributed by atoms with Crippen LogP contribution in [0.2, 0.25) is 0 Å². The Morgan fingerprint density at radius 1 is 1.04 bits per heavy atom. The third-order valence-electron chi connectivity index (χ3n) is 9.58. The summed E-state index contributed by atoms with van der Waals surface area (Å²) in [7, 11) is 0. The standard InChI is InChI=1S/C21H32N2O/c1-19-11-13-12-22-23-18(13)10-14(19)4-5-15-16(19)6-8-20(2)17(15)7-9-21(20,3)24/h12,14-18,24H,4-11H2,1-3H3/t14-,15+,16-,17-,18?,19-,20-,21-/m0/s1. The van der Waals surface area contributed by atoms with Crippen LogP contribution in [0.1, 0.15) is 72.1 Å². The largest absolute Gasteiger partial charge is 0.390 e. The highest BCUT2D eigenvalue weighted by atomic mass is 16.3. The van der Waals surface area contributed by atoms with Crippen molar-refractivity contribution in [1.82, 2.24) is 0 Å². The normalized spacial score (nSPS) is 58.5. The molecule has 3 nitrogen and oxygen atoms in total. The van der Waals surface area contributed by atoms with Crippen LogP contribution in [-0.2, 0) is 0 Å². The van der Waals surface area contributed by atoms with Gasteiger partial charge in [0.15, 0.2) is 0 Å². The Labute approximate surface area is 146 Å². The van der Waals surface area contributed by atoms with Crippen molar-refractivity contribution in [3.8, 4) is 0 Å². The number of rotatable bonds is 0. The Morgan fingerprint density at radius 3 is 2.67 bits per heavy atom. The third-order valence-corrected chi connectivity index (χ3v) is 9.58. The number of nitrogens with zero attached hydrogens (tertiary/aromatic N) is 2. The second-order valence-electron chi connectivity index (χ2n) is 10.3. The molecule has 1 aliphatic heterocycles. The second-order valence-corrected chi connectivity index (χ2v) is 10.3. The molecular weight excluding hydrogens is 296 g/mol. The van der Waals surface area contributed by atoms with Crippen LogP contribution < -0.4 is 0 Å². The summed E-state index contributed by atoms with van der Waals surface area (Å²) in [5.41, 5.74) is 1.63. The lowest BCUT2D eigenvalue weighted by Crippen LogP contribution is -2.56. The summed E-state index contributed by atoms with van der Waals surface area (Å²) >= 11 is 0. The van der Waals surface area contributed by atoms with Crippen molar-refractivity contribution < 1.29 is 5.11 Å². The minimum atomic E-state index is -0.455. The Bertz CT molecular complexity index is 623. The van der Waals surface area contributed by atoms with Crippen LogP contribution in [0.25, 0.3) is 0 Å². The van der Waals surface area contributed by atoms with Crippen LogP contribution in [0.5, 0.6) is 0 Å². The van der Waals surface area contributed by atoms with Crippen LogP contribution in [0, 0.1) is 34.5 Å². The molecule has 0 aromatic heterocycles. The van der Waals surface area contributed by atoms with E-state index in [0.717, 1.165) is 30.1 Å². The SMILES string of the molecule is C[C@]12CC3=CN=NC3C[C@@H]1CC[C@@H]1[C@@H]2CC[C@@]2(C)[C@H]1CC[C@]2(C)O. The van der Waals surface area contributed by atoms with Crippen LogP contribution in [-0.4, -0.2) is 16.7 Å². The molecule has 0 spiro atoms. The Kier molecular flexibility index (Phi) is 3.06. The van der Waals surface area contributed by atoms with Gasteiger partial charge in [-0.25, -0.2) is 0 Å². The highest BCUT2D eigenvalue weighted by Crippen LogP contribution is 2.68. The van der Waals surface area contributed by atoms with E-state index in [-0.39, 0.29) is 5.41 Å². The molecule has 132 valence electrons. The van der Waals surface area contributed by atoms with Crippen molar-refractivity contribution in [3.63, 3.8) is 0 Å². The Morgan fingerprint density at radius 2 is 1.83 bits per heavy atom. The van der Waals surface area contributed by atoms with Gasteiger partial charge in [-0.3, -0.25) is 0 Å². The van der Waals surface area contributed by atoms with Crippen molar-refractivity contribution in [2.75, 3.05) is 0 Å². The first-order valence-electron chi connectivity index (χ1n) is 10.2. The zero-order valence-corrected chi connectivity index (χ0v) is 15.5. The lowest BCUT2D eigenvalue weighted by atomic mass is 9.44. The minimum absolute atomic E-state index is 0.145. The molecule has 1 heterocycles. The maximum absolute atomic E-state index is 11.0. The fraction of sp³-hybridized carbons (Fsp3) is 0.905. The maximum Gasteiger partial charge on any atom is 0.0943 e. The summed E-state index contributed by atoms with van der Waals surface area (Å²) < 4.78 is 0. The third kappa shape index (κ3) is 1.78. The molecule has 1 unspecified atom stereocenters. The van der Waals surface area contributed by atoms with Gasteiger partial charge in [-0.15, -0.1) is 0 Å². The molecule has 3 heteroatoms. The highest BCUT2D eigenvalue weighted by Gasteiger charge is 2.63. The fourth-order valence-electron chi connectivity index (χ4n) is 7.86. The topological polar surface area (TPSA) is 45.0 Å². The lowest BCUT2D eigenvalue weighted by Gasteiger charge is -2.61. The van der Waals surface area contributed by atoms with Crippen molar-refractivity contribution >= 4 is 0 Å². The molecule has 4 fully saturated rings. The van der Waals surface area contributed by atoms with Gasteiger partial charge in [0.05, 0.1) is 17.8 Å². The van der Waals surface area contributed by atoms with Gasteiger partial charge in [0.2, 0.25) is 0 Å². The first kappa shape index (κ1) is 15.5. The van der Waals surface area contributed by atoms with Crippen LogP contribution in [0.15, 0.2) is 22.0 Å². The van der Waals surface area contributed by atoms with Gasteiger partial charge in [-0.2, -0.15) is 10.2 Å². The van der Waals surface area contributed by atoms with E-state index < -0.39 is 5.60 Å². The summed E-state index contributed by atoms with van der Waals surface area (Å²) in [5, 5.41) is 19.7. The molecule has 5 rings (SSSR count). The molecule has 0 saturated heterocycles. The number of azo groups is 1. The zero-order chi connectivity index (χ0) is 16.7. The van der Waals surface area contributed by atoms with Crippen molar-refractivity contribution in [3.05, 3.63) is 11.8 Å². The van der Waals surface area contributed by atoms with Gasteiger partial charge in [-0.1, -0.05) is 13.8 Å². The van der Waals surface area contributed by atoms with Crippen LogP contribution in [0.4, 0.5) is 0 Å². The van der Waals surface area contributed by atoms with Gasteiger partial charge in [0.25, 0.3) is 0 Å². The second kappa shape index (κ2) is 4.72. The Balaban J connectivity index is 1.48. The lowest BCUT2D eigenvalue weighted by molar-refractivity contribution is -0.142. The van der Waals surface area contributed by atoms with Gasteiger partial charge in [-0.05, 0) is 98.4 Å². The predicted octanol–water partition coefficient (Wildman–Crippen LogP) is 5.11. The summed E-state index contributed by atoms with van der Waals surface area (Å²) in [6.07, 6.45) is 12.0. The first-order valence-corrected chi connectivity index (χ1v) is 10.2. The first-order chi connectivity index (χ1) is 11.4. The molecule has 8 atom stereocenters. The molecule has 1 N–H and O–H groups in total. The van der Waals surface area contributed by atoms with E-state index in [9.17, 15) is 5.11 Å². The smallest absolute Gasteiger partial charge is 0.0943 e. The molecule has 24 heavy (non-hydrogen) atoms. The molecule has 0 aromatic carbocycles. The molecule has 0 aromatic rings. The van der Waals surface area contributed by atoms with E-state index in [4.69, 9.17) is 0 Å². The zero-order valence-electron chi connectivity index (χ0n) is 15.5. The van der Waals surface area contributed by atoms with E-state index in [1.807, 2.05) is 0 Å². The number of aliphatic hydroxyl groups is 1. The molecule has 0 bridgehead atoms. The van der Waals surface area contributed by atoms with E-state index in [1.54, 1.807) is 0 Å². The summed E-state index contributed by atoms with van der Waals surface area (Å²) in [6.45, 7) is 7.08. The van der Waals surface area contributed by atoms with E-state index in [2.05, 4.69) is 37.2 Å². The molecule has 0 amide bonds. The molecule has 0 radical (unpaired) electrons. The van der Waals surface area contributed by atoms with E-state index >= 15 is 0 Å². The van der Waals surface area contributed by atoms with Gasteiger partial charge < -0.3 is 5.11 Å². The van der Waals surface area contributed by atoms with E-state index in [0.29, 0.717) is 11.5 Å². The predicted molar refractivity (Wildman–Crippen MR) is 94.5 cm³/mol. The number of hydrogen-bond donors (Lipinski definition) is 1. The van der Waals surface area contributed by atoms with Crippen LogP contribution in [0.3, 0.4) is 0 Å². The highest BCUT2D eigenvalue weighted by molar-refractivity contribution is 5.23. The van der Waals surface area contributed by atoms with Crippen molar-refractivity contribution in [2.45, 2.75) is 83.8 Å². The van der Waals surface area contributed by atoms with Crippen molar-refractivity contribution in [2.24, 2.45) is 44.7 Å². The average Bonchev–Trinajstić information content (AvgIpc) is 3.06.